The summed E-state index contributed by atoms with van der Waals surface area (Å²) in [7, 11) is 0. The summed E-state index contributed by atoms with van der Waals surface area (Å²) in [6.07, 6.45) is -3.22. The Morgan fingerprint density at radius 3 is 2.67 bits per heavy atom. The van der Waals surface area contributed by atoms with E-state index in [9.17, 15) is 25.5 Å². The van der Waals surface area contributed by atoms with Crippen LogP contribution in [0.1, 0.15) is 12.8 Å². The standard InChI is InChI=1S/C13H19N5O6/c14-11-8-12(16-4-15-11)18(5-17-8)13(2-1-7(20)21)10(23)9(22)6(3-19)24-13/h4-7,9-10,19-23H,1-3H2,(H2,14,15,16)/t6-,9-,10-,13-/m1/s1. The molecule has 1 aliphatic rings. The second-order valence-corrected chi connectivity index (χ2v) is 5.68. The number of anilines is 1. The first-order valence-corrected chi connectivity index (χ1v) is 7.35. The van der Waals surface area contributed by atoms with Gasteiger partial charge in [0.1, 0.15) is 30.2 Å². The molecule has 24 heavy (non-hydrogen) atoms. The molecule has 7 N–H and O–H groups in total. The lowest BCUT2D eigenvalue weighted by molar-refractivity contribution is -0.163. The molecule has 4 atom stereocenters. The summed E-state index contributed by atoms with van der Waals surface area (Å²) in [6.45, 7) is -0.522. The molecule has 0 bridgehead atoms. The molecule has 1 saturated heterocycles. The molecule has 0 aromatic carbocycles. The molecule has 11 heteroatoms. The van der Waals surface area contributed by atoms with Gasteiger partial charge in [-0.2, -0.15) is 0 Å². The highest BCUT2D eigenvalue weighted by Crippen LogP contribution is 2.41. The van der Waals surface area contributed by atoms with E-state index >= 15 is 0 Å². The van der Waals surface area contributed by atoms with E-state index in [0.717, 1.165) is 0 Å². The third-order valence-corrected chi connectivity index (χ3v) is 4.23. The van der Waals surface area contributed by atoms with Gasteiger partial charge in [0.05, 0.1) is 12.9 Å². The predicted octanol–water partition coefficient (Wildman–Crippen LogP) is -2.73. The van der Waals surface area contributed by atoms with Crippen LogP contribution >= 0.6 is 0 Å². The van der Waals surface area contributed by atoms with Crippen LogP contribution in [0.2, 0.25) is 0 Å². The SMILES string of the molecule is Nc1ncnc2c1ncn2[C@]1(CCC(O)O)O[C@H](CO)[C@@H](O)[C@H]1O. The van der Waals surface area contributed by atoms with Gasteiger partial charge in [-0.25, -0.2) is 15.0 Å². The molecule has 132 valence electrons. The minimum Gasteiger partial charge on any atom is -0.394 e. The van der Waals surface area contributed by atoms with Crippen LogP contribution in [0.15, 0.2) is 12.7 Å². The zero-order chi connectivity index (χ0) is 17.5. The van der Waals surface area contributed by atoms with Crippen LogP contribution in [0, 0.1) is 0 Å². The van der Waals surface area contributed by atoms with Crippen LogP contribution in [0.25, 0.3) is 11.2 Å². The number of hydrogen-bond donors (Lipinski definition) is 6. The first-order chi connectivity index (χ1) is 11.4. The Morgan fingerprint density at radius 1 is 1.29 bits per heavy atom. The van der Waals surface area contributed by atoms with E-state index in [4.69, 9.17) is 10.5 Å². The van der Waals surface area contributed by atoms with E-state index in [1.807, 2.05) is 0 Å². The molecule has 2 aromatic rings. The molecule has 1 fully saturated rings. The van der Waals surface area contributed by atoms with E-state index in [0.29, 0.717) is 0 Å². The van der Waals surface area contributed by atoms with E-state index < -0.39 is 36.9 Å². The Kier molecular flexibility index (Phi) is 4.38. The van der Waals surface area contributed by atoms with Crippen LogP contribution in [-0.4, -0.2) is 76.3 Å². The normalized spacial score (nSPS) is 30.5. The molecule has 11 nitrogen and oxygen atoms in total. The monoisotopic (exact) mass is 341 g/mol. The Morgan fingerprint density at radius 2 is 2.04 bits per heavy atom. The van der Waals surface area contributed by atoms with Gasteiger partial charge in [0.15, 0.2) is 23.5 Å². The van der Waals surface area contributed by atoms with E-state index in [2.05, 4.69) is 15.0 Å². The molecule has 3 heterocycles. The zero-order valence-corrected chi connectivity index (χ0v) is 12.6. The van der Waals surface area contributed by atoms with Crippen LogP contribution in [0.4, 0.5) is 5.82 Å². The lowest BCUT2D eigenvalue weighted by Gasteiger charge is -2.34. The van der Waals surface area contributed by atoms with Crippen molar-refractivity contribution in [1.82, 2.24) is 19.5 Å². The van der Waals surface area contributed by atoms with Crippen molar-refractivity contribution in [2.45, 2.75) is 43.2 Å². The minimum atomic E-state index is -1.64. The maximum atomic E-state index is 10.6. The first-order valence-electron chi connectivity index (χ1n) is 7.35. The maximum Gasteiger partial charge on any atom is 0.176 e. The van der Waals surface area contributed by atoms with Crippen LogP contribution < -0.4 is 5.73 Å². The van der Waals surface area contributed by atoms with Gasteiger partial charge in [0.2, 0.25) is 0 Å². The molecule has 0 unspecified atom stereocenters. The summed E-state index contributed by atoms with van der Waals surface area (Å²) < 4.78 is 7.08. The number of nitrogens with zero attached hydrogens (tertiary/aromatic N) is 4. The van der Waals surface area contributed by atoms with Crippen LogP contribution in [0.3, 0.4) is 0 Å². The third-order valence-electron chi connectivity index (χ3n) is 4.23. The van der Waals surface area contributed by atoms with E-state index in [-0.39, 0.29) is 29.8 Å². The van der Waals surface area contributed by atoms with E-state index in [1.54, 1.807) is 0 Å². The molecule has 0 radical (unpaired) electrons. The second kappa shape index (κ2) is 6.20. The number of aromatic nitrogens is 4. The molecular formula is C13H19N5O6. The lowest BCUT2D eigenvalue weighted by atomic mass is 9.97. The highest BCUT2D eigenvalue weighted by atomic mass is 16.6. The van der Waals surface area contributed by atoms with E-state index in [1.165, 1.54) is 17.2 Å². The molecular weight excluding hydrogens is 322 g/mol. The number of nitrogens with two attached hydrogens (primary N) is 1. The lowest BCUT2D eigenvalue weighted by Crippen LogP contribution is -2.46. The van der Waals surface area contributed by atoms with Crippen molar-refractivity contribution in [2.75, 3.05) is 12.3 Å². The Bertz CT molecular complexity index is 724. The molecule has 0 aliphatic carbocycles. The number of hydrogen-bond acceptors (Lipinski definition) is 10. The van der Waals surface area contributed by atoms with Crippen molar-refractivity contribution in [2.24, 2.45) is 0 Å². The van der Waals surface area contributed by atoms with Crippen molar-refractivity contribution in [3.05, 3.63) is 12.7 Å². The topological polar surface area (TPSA) is 180 Å². The fourth-order valence-corrected chi connectivity index (χ4v) is 3.01. The highest BCUT2D eigenvalue weighted by Gasteiger charge is 2.55. The Hall–Kier alpha value is -1.89. The third kappa shape index (κ3) is 2.51. The zero-order valence-electron chi connectivity index (χ0n) is 12.6. The second-order valence-electron chi connectivity index (χ2n) is 5.68. The predicted molar refractivity (Wildman–Crippen MR) is 79.1 cm³/mol. The number of nitrogen functional groups attached to an aromatic ring is 1. The molecule has 0 spiro atoms. The number of ether oxygens (including phenoxy) is 1. The van der Waals surface area contributed by atoms with Gasteiger partial charge < -0.3 is 36.0 Å². The smallest absolute Gasteiger partial charge is 0.176 e. The number of aliphatic hydroxyl groups is 5. The highest BCUT2D eigenvalue weighted by molar-refractivity contribution is 5.81. The summed E-state index contributed by atoms with van der Waals surface area (Å²) in [5, 5.41) is 48.4. The van der Waals surface area contributed by atoms with Gasteiger partial charge in [0, 0.05) is 12.8 Å². The van der Waals surface area contributed by atoms with Crippen molar-refractivity contribution in [3.63, 3.8) is 0 Å². The van der Waals surface area contributed by atoms with Crippen molar-refractivity contribution < 1.29 is 30.3 Å². The van der Waals surface area contributed by atoms with Gasteiger partial charge in [-0.1, -0.05) is 0 Å². The molecule has 2 aromatic heterocycles. The largest absolute Gasteiger partial charge is 0.394 e. The van der Waals surface area contributed by atoms with Crippen molar-refractivity contribution in [3.8, 4) is 0 Å². The van der Waals surface area contributed by atoms with Crippen molar-refractivity contribution >= 4 is 17.0 Å². The summed E-state index contributed by atoms with van der Waals surface area (Å²) >= 11 is 0. The fraction of sp³-hybridized carbons (Fsp3) is 0.615. The van der Waals surface area contributed by atoms with Crippen LogP contribution in [-0.2, 0) is 10.5 Å². The molecule has 0 saturated carbocycles. The Labute approximate surface area is 136 Å². The first kappa shape index (κ1) is 17.0. The summed E-state index contributed by atoms with van der Waals surface area (Å²) in [6, 6.07) is 0. The van der Waals surface area contributed by atoms with Gasteiger partial charge in [-0.15, -0.1) is 0 Å². The maximum absolute atomic E-state index is 10.6. The number of fused-ring (bicyclic) bond motifs is 1. The fourth-order valence-electron chi connectivity index (χ4n) is 3.01. The average Bonchev–Trinajstić information content (AvgIpc) is 3.09. The van der Waals surface area contributed by atoms with Gasteiger partial charge >= 0.3 is 0 Å². The van der Waals surface area contributed by atoms with Crippen molar-refractivity contribution in [1.29, 1.82) is 0 Å². The molecule has 1 aliphatic heterocycles. The Balaban J connectivity index is 2.12. The van der Waals surface area contributed by atoms with Gasteiger partial charge in [0.25, 0.3) is 0 Å². The van der Waals surface area contributed by atoms with Crippen LogP contribution in [0.5, 0.6) is 0 Å². The van der Waals surface area contributed by atoms with Gasteiger partial charge in [-0.3, -0.25) is 4.57 Å². The molecule has 0 amide bonds. The molecule has 3 rings (SSSR count). The number of aliphatic hydroxyl groups excluding tert-OH is 4. The summed E-state index contributed by atoms with van der Waals surface area (Å²) in [4.78, 5) is 12.0. The number of rotatable bonds is 5. The summed E-state index contributed by atoms with van der Waals surface area (Å²) in [5.41, 5.74) is 4.68. The minimum absolute atomic E-state index is 0.0746. The summed E-state index contributed by atoms with van der Waals surface area (Å²) in [5.74, 6) is 0.128. The number of imidazole rings is 1. The average molecular weight is 341 g/mol. The van der Waals surface area contributed by atoms with Gasteiger partial charge in [-0.05, 0) is 0 Å². The quantitative estimate of drug-likeness (QED) is 0.312.